The van der Waals surface area contributed by atoms with Gasteiger partial charge in [0.05, 0.1) is 11.5 Å². The zero-order chi connectivity index (χ0) is 11.3. The fraction of sp³-hybridized carbons (Fsp3) is 0.357. The Morgan fingerprint density at radius 1 is 1.31 bits per heavy atom. The van der Waals surface area contributed by atoms with E-state index in [2.05, 4.69) is 48.9 Å². The molecule has 80 valence electrons. The van der Waals surface area contributed by atoms with E-state index in [4.69, 9.17) is 0 Å². The van der Waals surface area contributed by atoms with E-state index >= 15 is 0 Å². The second-order valence-corrected chi connectivity index (χ2v) is 4.81. The Bertz CT molecular complexity index is 609. The van der Waals surface area contributed by atoms with E-state index in [1.807, 2.05) is 0 Å². The fourth-order valence-electron chi connectivity index (χ4n) is 2.38. The molecule has 3 rings (SSSR count). The highest BCUT2D eigenvalue weighted by Crippen LogP contribution is 2.48. The van der Waals surface area contributed by atoms with Crippen molar-refractivity contribution in [3.8, 4) is 6.07 Å². The summed E-state index contributed by atoms with van der Waals surface area (Å²) >= 11 is 0. The lowest BCUT2D eigenvalue weighted by molar-refractivity contribution is 0.904. The van der Waals surface area contributed by atoms with Crippen LogP contribution in [0, 0.1) is 18.3 Å². The Hall–Kier alpha value is -1.75. The van der Waals surface area contributed by atoms with Crippen molar-refractivity contribution >= 4 is 10.9 Å². The molecule has 0 bridgehead atoms. The van der Waals surface area contributed by atoms with Crippen molar-refractivity contribution < 1.29 is 0 Å². The monoisotopic (exact) mass is 210 g/mol. The number of rotatable bonds is 1. The first-order valence-corrected chi connectivity index (χ1v) is 5.64. The Kier molecular flexibility index (Phi) is 1.71. The topological polar surface area (TPSA) is 28.7 Å². The van der Waals surface area contributed by atoms with Crippen LogP contribution in [0.3, 0.4) is 0 Å². The fourth-order valence-corrected chi connectivity index (χ4v) is 2.38. The van der Waals surface area contributed by atoms with Gasteiger partial charge in [0.25, 0.3) is 0 Å². The Labute approximate surface area is 95.1 Å². The van der Waals surface area contributed by atoms with Crippen LogP contribution in [0.25, 0.3) is 10.9 Å². The van der Waals surface area contributed by atoms with Gasteiger partial charge in [-0.2, -0.15) is 5.26 Å². The summed E-state index contributed by atoms with van der Waals surface area (Å²) < 4.78 is 2.19. The molecule has 1 heterocycles. The van der Waals surface area contributed by atoms with Gasteiger partial charge in [0.15, 0.2) is 0 Å². The molecule has 0 spiro atoms. The van der Waals surface area contributed by atoms with Crippen molar-refractivity contribution in [1.29, 1.82) is 5.26 Å². The molecule has 0 N–H and O–H groups in total. The third kappa shape index (κ3) is 1.12. The van der Waals surface area contributed by atoms with Crippen molar-refractivity contribution in [2.45, 2.75) is 25.2 Å². The summed E-state index contributed by atoms with van der Waals surface area (Å²) in [6, 6.07) is 11.1. The molecule has 0 aliphatic heterocycles. The molecule has 0 radical (unpaired) electrons. The summed E-state index contributed by atoms with van der Waals surface area (Å²) in [5.41, 5.74) is 3.52. The Balaban J connectivity index is 2.21. The third-order valence-corrected chi connectivity index (χ3v) is 3.80. The smallest absolute Gasteiger partial charge is 0.0824 e. The van der Waals surface area contributed by atoms with Gasteiger partial charge in [0.1, 0.15) is 0 Å². The van der Waals surface area contributed by atoms with Gasteiger partial charge in [-0.3, -0.25) is 0 Å². The first-order valence-electron chi connectivity index (χ1n) is 5.64. The van der Waals surface area contributed by atoms with Crippen molar-refractivity contribution in [3.05, 3.63) is 35.5 Å². The number of nitriles is 1. The Morgan fingerprint density at radius 2 is 2.06 bits per heavy atom. The molecular formula is C14H14N2. The van der Waals surface area contributed by atoms with Gasteiger partial charge < -0.3 is 4.57 Å². The van der Waals surface area contributed by atoms with Gasteiger partial charge in [-0.1, -0.05) is 6.07 Å². The molecule has 1 aromatic heterocycles. The van der Waals surface area contributed by atoms with Gasteiger partial charge in [0, 0.05) is 23.6 Å². The molecule has 1 saturated carbocycles. The van der Waals surface area contributed by atoms with Crippen molar-refractivity contribution in [2.24, 2.45) is 7.05 Å². The van der Waals surface area contributed by atoms with E-state index < -0.39 is 0 Å². The number of hydrogen-bond acceptors (Lipinski definition) is 1. The Morgan fingerprint density at radius 3 is 2.69 bits per heavy atom. The number of benzene rings is 1. The highest BCUT2D eigenvalue weighted by Gasteiger charge is 2.44. The maximum Gasteiger partial charge on any atom is 0.0824 e. The highest BCUT2D eigenvalue weighted by atomic mass is 14.9. The lowest BCUT2D eigenvalue weighted by Gasteiger charge is -2.06. The molecule has 16 heavy (non-hydrogen) atoms. The molecule has 1 aromatic carbocycles. The minimum atomic E-state index is -0.169. The van der Waals surface area contributed by atoms with Crippen LogP contribution in [0.2, 0.25) is 0 Å². The van der Waals surface area contributed by atoms with Gasteiger partial charge in [-0.15, -0.1) is 0 Å². The van der Waals surface area contributed by atoms with E-state index in [1.165, 1.54) is 22.2 Å². The van der Waals surface area contributed by atoms with Crippen molar-refractivity contribution in [2.75, 3.05) is 0 Å². The average Bonchev–Trinajstić information content (AvgIpc) is 3.04. The van der Waals surface area contributed by atoms with Gasteiger partial charge in [-0.25, -0.2) is 0 Å². The molecule has 2 nitrogen and oxygen atoms in total. The highest BCUT2D eigenvalue weighted by molar-refractivity contribution is 5.82. The second-order valence-electron chi connectivity index (χ2n) is 4.81. The number of fused-ring (bicyclic) bond motifs is 1. The first kappa shape index (κ1) is 9.47. The van der Waals surface area contributed by atoms with Crippen LogP contribution in [0.15, 0.2) is 24.3 Å². The largest absolute Gasteiger partial charge is 0.348 e. The quantitative estimate of drug-likeness (QED) is 0.711. The van der Waals surface area contributed by atoms with Crippen LogP contribution >= 0.6 is 0 Å². The number of nitrogens with zero attached hydrogens (tertiary/aromatic N) is 2. The predicted molar refractivity (Wildman–Crippen MR) is 64.2 cm³/mol. The van der Waals surface area contributed by atoms with E-state index in [0.717, 1.165) is 12.8 Å². The van der Waals surface area contributed by atoms with Crippen LogP contribution in [0.5, 0.6) is 0 Å². The van der Waals surface area contributed by atoms with E-state index in [0.29, 0.717) is 0 Å². The zero-order valence-electron chi connectivity index (χ0n) is 9.62. The van der Waals surface area contributed by atoms with Gasteiger partial charge in [0.2, 0.25) is 0 Å². The summed E-state index contributed by atoms with van der Waals surface area (Å²) in [5, 5.41) is 10.4. The summed E-state index contributed by atoms with van der Waals surface area (Å²) in [5.74, 6) is 0. The van der Waals surface area contributed by atoms with E-state index in [-0.39, 0.29) is 5.41 Å². The number of hydrogen-bond donors (Lipinski definition) is 0. The molecule has 0 amide bonds. The van der Waals surface area contributed by atoms with Crippen LogP contribution in [-0.2, 0) is 12.5 Å². The SMILES string of the molecule is Cc1cc2cc(C3(C#N)CC3)ccc2n1C. The van der Waals surface area contributed by atoms with Crippen molar-refractivity contribution in [1.82, 2.24) is 4.57 Å². The molecule has 0 saturated heterocycles. The second kappa shape index (κ2) is 2.89. The minimum Gasteiger partial charge on any atom is -0.348 e. The first-order chi connectivity index (χ1) is 7.66. The minimum absolute atomic E-state index is 0.169. The van der Waals surface area contributed by atoms with Gasteiger partial charge in [-0.05, 0) is 43.5 Å². The maximum atomic E-state index is 9.19. The van der Waals surface area contributed by atoms with Crippen LogP contribution in [-0.4, -0.2) is 4.57 Å². The summed E-state index contributed by atoms with van der Waals surface area (Å²) in [4.78, 5) is 0. The third-order valence-electron chi connectivity index (χ3n) is 3.80. The van der Waals surface area contributed by atoms with E-state index in [9.17, 15) is 5.26 Å². The predicted octanol–water partition coefficient (Wildman–Crippen LogP) is 3.04. The van der Waals surface area contributed by atoms with Crippen LogP contribution < -0.4 is 0 Å². The lowest BCUT2D eigenvalue weighted by atomic mass is 9.96. The molecule has 2 heteroatoms. The van der Waals surface area contributed by atoms with E-state index in [1.54, 1.807) is 0 Å². The number of aryl methyl sites for hydroxylation is 2. The molecule has 0 unspecified atom stereocenters. The molecule has 1 aliphatic carbocycles. The summed E-state index contributed by atoms with van der Waals surface area (Å²) in [6.45, 7) is 2.11. The molecule has 1 aliphatic rings. The number of aromatic nitrogens is 1. The van der Waals surface area contributed by atoms with Gasteiger partial charge >= 0.3 is 0 Å². The summed E-state index contributed by atoms with van der Waals surface area (Å²) in [6.07, 6.45) is 2.03. The van der Waals surface area contributed by atoms with Crippen LogP contribution in [0.4, 0.5) is 0 Å². The molecular weight excluding hydrogens is 196 g/mol. The molecule has 1 fully saturated rings. The standard InChI is InChI=1S/C14H14N2/c1-10-7-11-8-12(14(9-15)5-6-14)3-4-13(11)16(10)2/h3-4,7-8H,5-6H2,1-2H3. The zero-order valence-corrected chi connectivity index (χ0v) is 9.62. The lowest BCUT2D eigenvalue weighted by Crippen LogP contribution is -2.01. The molecule has 2 aromatic rings. The summed E-state index contributed by atoms with van der Waals surface area (Å²) in [7, 11) is 2.08. The maximum absolute atomic E-state index is 9.19. The molecule has 0 atom stereocenters. The van der Waals surface area contributed by atoms with Crippen LogP contribution in [0.1, 0.15) is 24.1 Å². The average molecular weight is 210 g/mol. The normalized spacial score (nSPS) is 17.3. The van der Waals surface area contributed by atoms with Crippen molar-refractivity contribution in [3.63, 3.8) is 0 Å².